The molecule has 114 valence electrons. The highest BCUT2D eigenvalue weighted by Crippen LogP contribution is 2.40. The number of fused-ring (bicyclic) bond motifs is 3. The van der Waals surface area contributed by atoms with Crippen LogP contribution in [-0.4, -0.2) is 24.8 Å². The molecule has 1 heterocycles. The highest BCUT2D eigenvalue weighted by molar-refractivity contribution is 5.30. The second kappa shape index (κ2) is 5.73. The van der Waals surface area contributed by atoms with Gasteiger partial charge in [0.15, 0.2) is 0 Å². The quantitative estimate of drug-likeness (QED) is 0.919. The predicted molar refractivity (Wildman–Crippen MR) is 85.4 cm³/mol. The normalized spacial score (nSPS) is 36.2. The lowest BCUT2D eigenvalue weighted by atomic mass is 9.93. The van der Waals surface area contributed by atoms with Crippen molar-refractivity contribution in [3.63, 3.8) is 0 Å². The molecule has 2 heteroatoms. The van der Waals surface area contributed by atoms with Crippen molar-refractivity contribution in [3.8, 4) is 0 Å². The monoisotopic (exact) mass is 285 g/mol. The van der Waals surface area contributed by atoms with Gasteiger partial charge < -0.3 is 10.1 Å². The molecule has 1 saturated carbocycles. The molecular weight excluding hydrogens is 258 g/mol. The standard InChI is InChI=1S/C19H27NO/c1-13(18-7-4-10-21-18)20-19-16-8-9-17(19)12-15-6-3-2-5-14(15)11-16/h2-3,5-6,13,16-20H,4,7-12H2,1H3. The molecule has 2 nitrogen and oxygen atoms in total. The van der Waals surface area contributed by atoms with E-state index in [4.69, 9.17) is 4.74 Å². The second-order valence-corrected chi connectivity index (χ2v) is 7.31. The number of ether oxygens (including phenoxy) is 1. The van der Waals surface area contributed by atoms with Crippen molar-refractivity contribution in [2.75, 3.05) is 6.61 Å². The molecule has 21 heavy (non-hydrogen) atoms. The maximum absolute atomic E-state index is 5.88. The summed E-state index contributed by atoms with van der Waals surface area (Å²) in [7, 11) is 0. The molecule has 4 rings (SSSR count). The first kappa shape index (κ1) is 13.8. The lowest BCUT2D eigenvalue weighted by Crippen LogP contribution is -2.47. The van der Waals surface area contributed by atoms with Gasteiger partial charge in [-0.2, -0.15) is 0 Å². The summed E-state index contributed by atoms with van der Waals surface area (Å²) < 4.78 is 5.88. The summed E-state index contributed by atoms with van der Waals surface area (Å²) in [6.07, 6.45) is 8.24. The van der Waals surface area contributed by atoms with Gasteiger partial charge in [-0.1, -0.05) is 24.3 Å². The fourth-order valence-corrected chi connectivity index (χ4v) is 4.83. The van der Waals surface area contributed by atoms with E-state index in [9.17, 15) is 0 Å². The molecule has 4 atom stereocenters. The van der Waals surface area contributed by atoms with E-state index in [1.165, 1.54) is 38.5 Å². The number of hydrogen-bond acceptors (Lipinski definition) is 2. The van der Waals surface area contributed by atoms with Crippen molar-refractivity contribution in [1.29, 1.82) is 0 Å². The van der Waals surface area contributed by atoms with Crippen molar-refractivity contribution in [3.05, 3.63) is 35.4 Å². The lowest BCUT2D eigenvalue weighted by molar-refractivity contribution is 0.0750. The topological polar surface area (TPSA) is 21.3 Å². The smallest absolute Gasteiger partial charge is 0.0726 e. The Morgan fingerprint density at radius 2 is 1.71 bits per heavy atom. The number of benzene rings is 1. The van der Waals surface area contributed by atoms with Gasteiger partial charge in [0.25, 0.3) is 0 Å². The Hall–Kier alpha value is -0.860. The molecule has 1 aromatic rings. The van der Waals surface area contributed by atoms with Crippen molar-refractivity contribution < 1.29 is 4.74 Å². The van der Waals surface area contributed by atoms with E-state index < -0.39 is 0 Å². The molecule has 4 unspecified atom stereocenters. The fourth-order valence-electron chi connectivity index (χ4n) is 4.83. The molecular formula is C19H27NO. The van der Waals surface area contributed by atoms with Gasteiger partial charge in [0.05, 0.1) is 6.10 Å². The molecule has 1 aliphatic heterocycles. The Kier molecular flexibility index (Phi) is 3.76. The van der Waals surface area contributed by atoms with E-state index >= 15 is 0 Å². The van der Waals surface area contributed by atoms with Crippen molar-refractivity contribution in [2.45, 2.75) is 63.6 Å². The minimum Gasteiger partial charge on any atom is -0.377 e. The molecule has 0 radical (unpaired) electrons. The van der Waals surface area contributed by atoms with E-state index in [1.54, 1.807) is 11.1 Å². The zero-order valence-electron chi connectivity index (χ0n) is 13.1. The van der Waals surface area contributed by atoms with Gasteiger partial charge in [-0.3, -0.25) is 0 Å². The van der Waals surface area contributed by atoms with Gasteiger partial charge in [-0.05, 0) is 68.4 Å². The molecule has 2 bridgehead atoms. The van der Waals surface area contributed by atoms with Gasteiger partial charge in [-0.15, -0.1) is 0 Å². The zero-order chi connectivity index (χ0) is 14.2. The average Bonchev–Trinajstić information content (AvgIpc) is 3.08. The zero-order valence-corrected chi connectivity index (χ0v) is 13.1. The Morgan fingerprint density at radius 1 is 1.05 bits per heavy atom. The maximum atomic E-state index is 5.88. The summed E-state index contributed by atoms with van der Waals surface area (Å²) in [5.74, 6) is 1.64. The molecule has 1 aromatic carbocycles. The number of nitrogens with one attached hydrogen (secondary N) is 1. The van der Waals surface area contributed by atoms with Gasteiger partial charge >= 0.3 is 0 Å². The van der Waals surface area contributed by atoms with Crippen LogP contribution in [0.2, 0.25) is 0 Å². The van der Waals surface area contributed by atoms with Crippen LogP contribution in [0.25, 0.3) is 0 Å². The Morgan fingerprint density at radius 3 is 2.29 bits per heavy atom. The maximum Gasteiger partial charge on any atom is 0.0726 e. The van der Waals surface area contributed by atoms with E-state index in [0.717, 1.165) is 18.4 Å². The summed E-state index contributed by atoms with van der Waals surface area (Å²) in [5.41, 5.74) is 3.20. The van der Waals surface area contributed by atoms with Crippen LogP contribution in [0.15, 0.2) is 24.3 Å². The van der Waals surface area contributed by atoms with Gasteiger partial charge in [0.1, 0.15) is 0 Å². The predicted octanol–water partition coefficient (Wildman–Crippen LogP) is 3.34. The Bertz CT molecular complexity index is 461. The highest BCUT2D eigenvalue weighted by Gasteiger charge is 2.40. The third kappa shape index (κ3) is 2.64. The van der Waals surface area contributed by atoms with Crippen LogP contribution in [0.3, 0.4) is 0 Å². The average molecular weight is 285 g/mol. The van der Waals surface area contributed by atoms with E-state index in [2.05, 4.69) is 36.5 Å². The molecule has 2 aliphatic carbocycles. The SMILES string of the molecule is CC(NC1C2CCC1Cc1ccccc1C2)C1CCCO1. The minimum atomic E-state index is 0.440. The van der Waals surface area contributed by atoms with E-state index in [-0.39, 0.29) is 0 Å². The van der Waals surface area contributed by atoms with Crippen LogP contribution < -0.4 is 5.32 Å². The van der Waals surface area contributed by atoms with Gasteiger partial charge in [0.2, 0.25) is 0 Å². The molecule has 1 N–H and O–H groups in total. The molecule has 1 saturated heterocycles. The Labute approximate surface area is 128 Å². The number of hydrogen-bond donors (Lipinski definition) is 1. The summed E-state index contributed by atoms with van der Waals surface area (Å²) in [4.78, 5) is 0. The van der Waals surface area contributed by atoms with Crippen LogP contribution in [0.5, 0.6) is 0 Å². The first-order valence-corrected chi connectivity index (χ1v) is 8.75. The molecule has 3 aliphatic rings. The van der Waals surface area contributed by atoms with Crippen LogP contribution in [0.4, 0.5) is 0 Å². The first-order chi connectivity index (χ1) is 10.3. The summed E-state index contributed by atoms with van der Waals surface area (Å²) >= 11 is 0. The Balaban J connectivity index is 1.49. The summed E-state index contributed by atoms with van der Waals surface area (Å²) in [5, 5.41) is 3.97. The van der Waals surface area contributed by atoms with Crippen LogP contribution >= 0.6 is 0 Å². The first-order valence-electron chi connectivity index (χ1n) is 8.75. The third-order valence-corrected chi connectivity index (χ3v) is 5.98. The molecule has 2 fully saturated rings. The van der Waals surface area contributed by atoms with E-state index in [0.29, 0.717) is 18.2 Å². The number of rotatable bonds is 3. The van der Waals surface area contributed by atoms with Crippen molar-refractivity contribution in [2.24, 2.45) is 11.8 Å². The minimum absolute atomic E-state index is 0.440. The summed E-state index contributed by atoms with van der Waals surface area (Å²) in [6.45, 7) is 3.28. The summed E-state index contributed by atoms with van der Waals surface area (Å²) in [6, 6.07) is 10.3. The van der Waals surface area contributed by atoms with Gasteiger partial charge in [-0.25, -0.2) is 0 Å². The highest BCUT2D eigenvalue weighted by atomic mass is 16.5. The molecule has 0 amide bonds. The van der Waals surface area contributed by atoms with Crippen LogP contribution in [-0.2, 0) is 17.6 Å². The van der Waals surface area contributed by atoms with E-state index in [1.807, 2.05) is 0 Å². The van der Waals surface area contributed by atoms with Crippen molar-refractivity contribution in [1.82, 2.24) is 5.32 Å². The third-order valence-electron chi connectivity index (χ3n) is 5.98. The van der Waals surface area contributed by atoms with Crippen LogP contribution in [0, 0.1) is 11.8 Å². The largest absolute Gasteiger partial charge is 0.377 e. The van der Waals surface area contributed by atoms with Crippen molar-refractivity contribution >= 4 is 0 Å². The molecule has 0 aromatic heterocycles. The van der Waals surface area contributed by atoms with Crippen LogP contribution in [0.1, 0.15) is 43.7 Å². The lowest BCUT2D eigenvalue weighted by Gasteiger charge is -2.30. The van der Waals surface area contributed by atoms with Gasteiger partial charge in [0, 0.05) is 18.7 Å². The second-order valence-electron chi connectivity index (χ2n) is 7.31. The molecule has 0 spiro atoms. The fraction of sp³-hybridized carbons (Fsp3) is 0.684.